The lowest BCUT2D eigenvalue weighted by atomic mass is 9.98. The maximum atomic E-state index is 11.9. The lowest BCUT2D eigenvalue weighted by Gasteiger charge is -2.18. The summed E-state index contributed by atoms with van der Waals surface area (Å²) < 4.78 is 15.9. The Hall–Kier alpha value is -3.93. The molecular weight excluding hydrogens is 444 g/mol. The van der Waals surface area contributed by atoms with Gasteiger partial charge >= 0.3 is 17.9 Å². The van der Waals surface area contributed by atoms with E-state index in [1.54, 1.807) is 32.9 Å². The molecule has 0 N–H and O–H groups in total. The average molecular weight is 477 g/mol. The zero-order valence-electron chi connectivity index (χ0n) is 20.6. The van der Waals surface area contributed by atoms with Gasteiger partial charge < -0.3 is 14.2 Å². The first-order valence-corrected chi connectivity index (χ1v) is 11.2. The van der Waals surface area contributed by atoms with Gasteiger partial charge in [0, 0.05) is 17.1 Å². The maximum absolute atomic E-state index is 11.9. The molecule has 0 aliphatic rings. The molecule has 0 aliphatic carbocycles. The van der Waals surface area contributed by atoms with E-state index < -0.39 is 11.9 Å². The minimum atomic E-state index is -0.476. The van der Waals surface area contributed by atoms with Crippen LogP contribution in [-0.2, 0) is 30.3 Å². The van der Waals surface area contributed by atoms with Crippen LogP contribution in [0.2, 0.25) is 0 Å². The van der Waals surface area contributed by atoms with Crippen LogP contribution in [0.4, 0.5) is 0 Å². The minimum absolute atomic E-state index is 0.109. The van der Waals surface area contributed by atoms with Crippen LogP contribution < -0.4 is 4.74 Å². The number of carbonyl (C=O) groups excluding carboxylic acids is 3. The predicted molar refractivity (Wildman–Crippen MR) is 136 cm³/mol. The van der Waals surface area contributed by atoms with Crippen LogP contribution in [-0.4, -0.2) is 31.1 Å². The molecule has 0 aliphatic heterocycles. The van der Waals surface area contributed by atoms with Gasteiger partial charge in [-0.1, -0.05) is 61.7 Å². The molecule has 6 heteroatoms. The van der Waals surface area contributed by atoms with E-state index in [9.17, 15) is 14.4 Å². The van der Waals surface area contributed by atoms with Crippen molar-refractivity contribution in [3.05, 3.63) is 90.6 Å². The van der Waals surface area contributed by atoms with Gasteiger partial charge in [-0.3, -0.25) is 4.79 Å². The van der Waals surface area contributed by atoms with E-state index in [4.69, 9.17) is 14.2 Å². The smallest absolute Gasteiger partial charge is 0.338 e. The van der Waals surface area contributed by atoms with Crippen molar-refractivity contribution < 1.29 is 28.6 Å². The number of benzene rings is 2. The molecule has 6 nitrogen and oxygen atoms in total. The molecule has 0 radical (unpaired) electrons. The first-order valence-electron chi connectivity index (χ1n) is 11.2. The average Bonchev–Trinajstić information content (AvgIpc) is 2.81. The monoisotopic (exact) mass is 476 g/mol. The van der Waals surface area contributed by atoms with Gasteiger partial charge in [-0.15, -0.1) is 0 Å². The van der Waals surface area contributed by atoms with Crippen molar-refractivity contribution in [2.75, 3.05) is 13.2 Å². The van der Waals surface area contributed by atoms with Crippen LogP contribution in [0, 0.1) is 5.92 Å². The third-order valence-electron chi connectivity index (χ3n) is 4.95. The minimum Gasteiger partial charge on any atom is -0.465 e. The molecule has 1 unspecified atom stereocenters. The number of rotatable bonds is 12. The fourth-order valence-electron chi connectivity index (χ4n) is 3.07. The molecular formula is C29H32O6. The fourth-order valence-corrected chi connectivity index (χ4v) is 3.07. The number of esters is 3. The molecule has 0 fully saturated rings. The Morgan fingerprint density at radius 2 is 1.26 bits per heavy atom. The summed E-state index contributed by atoms with van der Waals surface area (Å²) in [6.45, 7) is 16.1. The van der Waals surface area contributed by atoms with Crippen LogP contribution in [0.1, 0.15) is 32.8 Å². The van der Waals surface area contributed by atoms with E-state index >= 15 is 0 Å². The highest BCUT2D eigenvalue weighted by molar-refractivity contribution is 5.89. The first-order chi connectivity index (χ1) is 16.5. The van der Waals surface area contributed by atoms with Gasteiger partial charge in [0.25, 0.3) is 0 Å². The van der Waals surface area contributed by atoms with Gasteiger partial charge in [0.15, 0.2) is 0 Å². The van der Waals surface area contributed by atoms with Crippen molar-refractivity contribution >= 4 is 17.9 Å². The molecule has 184 valence electrons. The van der Waals surface area contributed by atoms with Crippen LogP contribution in [0.5, 0.6) is 5.75 Å². The van der Waals surface area contributed by atoms with Crippen molar-refractivity contribution in [3.8, 4) is 16.9 Å². The zero-order valence-corrected chi connectivity index (χ0v) is 20.6. The Morgan fingerprint density at radius 1 is 0.743 bits per heavy atom. The second-order valence-corrected chi connectivity index (χ2v) is 8.66. The van der Waals surface area contributed by atoms with Gasteiger partial charge in [-0.2, -0.15) is 0 Å². The molecule has 0 amide bonds. The molecule has 2 rings (SSSR count). The standard InChI is InChI=1S/C29H32O6/c1-19(2)15-27(30)33-17-23(18-34-28(31)20(3)4)16-22-7-9-24(10-8-22)25-11-13-26(14-12-25)35-29(32)21(5)6/h7-14,23H,1,3,5,15-18H2,2,4,6H3. The molecule has 35 heavy (non-hydrogen) atoms. The van der Waals surface area contributed by atoms with Crippen LogP contribution in [0.25, 0.3) is 11.1 Å². The lowest BCUT2D eigenvalue weighted by molar-refractivity contribution is -0.146. The Bertz CT molecular complexity index is 1090. The molecule has 0 aromatic heterocycles. The number of ether oxygens (including phenoxy) is 3. The van der Waals surface area contributed by atoms with Gasteiger partial charge in [0.1, 0.15) is 5.75 Å². The van der Waals surface area contributed by atoms with Crippen LogP contribution in [0.15, 0.2) is 85.0 Å². The summed E-state index contributed by atoms with van der Waals surface area (Å²) >= 11 is 0. The Labute approximate surface area is 206 Å². The Kier molecular flexibility index (Phi) is 10.2. The van der Waals surface area contributed by atoms with Gasteiger partial charge in [0.2, 0.25) is 0 Å². The van der Waals surface area contributed by atoms with E-state index in [-0.39, 0.29) is 31.5 Å². The highest BCUT2D eigenvalue weighted by Gasteiger charge is 2.17. The molecule has 1 atom stereocenters. The van der Waals surface area contributed by atoms with Crippen molar-refractivity contribution in [3.63, 3.8) is 0 Å². The van der Waals surface area contributed by atoms with E-state index in [0.29, 0.717) is 23.3 Å². The third-order valence-corrected chi connectivity index (χ3v) is 4.95. The van der Waals surface area contributed by atoms with Gasteiger partial charge in [0.05, 0.1) is 19.6 Å². The summed E-state index contributed by atoms with van der Waals surface area (Å²) in [6, 6.07) is 15.1. The topological polar surface area (TPSA) is 78.9 Å². The van der Waals surface area contributed by atoms with E-state index in [0.717, 1.165) is 22.3 Å². The summed E-state index contributed by atoms with van der Waals surface area (Å²) in [5.74, 6) is -1.06. The Balaban J connectivity index is 2.05. The zero-order chi connectivity index (χ0) is 26.0. The number of hydrogen-bond acceptors (Lipinski definition) is 6. The summed E-state index contributed by atoms with van der Waals surface area (Å²) in [4.78, 5) is 35.4. The van der Waals surface area contributed by atoms with E-state index in [1.807, 2.05) is 36.4 Å². The second kappa shape index (κ2) is 13.1. The highest BCUT2D eigenvalue weighted by atomic mass is 16.5. The van der Waals surface area contributed by atoms with Gasteiger partial charge in [-0.25, -0.2) is 9.59 Å². The molecule has 2 aromatic carbocycles. The summed E-state index contributed by atoms with van der Waals surface area (Å²) in [5, 5.41) is 0. The molecule has 0 heterocycles. The Morgan fingerprint density at radius 3 is 1.77 bits per heavy atom. The summed E-state index contributed by atoms with van der Waals surface area (Å²) in [5.41, 5.74) is 4.33. The predicted octanol–water partition coefficient (Wildman–Crippen LogP) is 5.62. The normalized spacial score (nSPS) is 11.2. The van der Waals surface area contributed by atoms with Crippen molar-refractivity contribution in [2.45, 2.75) is 33.6 Å². The number of carbonyl (C=O) groups is 3. The summed E-state index contributed by atoms with van der Waals surface area (Å²) in [6.07, 6.45) is 0.706. The SMILES string of the molecule is C=C(C)CC(=O)OCC(COC(=O)C(=C)C)Cc1ccc(-c2ccc(OC(=O)C(=C)C)cc2)cc1. The van der Waals surface area contributed by atoms with Crippen molar-refractivity contribution in [2.24, 2.45) is 5.92 Å². The van der Waals surface area contributed by atoms with Crippen molar-refractivity contribution in [1.82, 2.24) is 0 Å². The fraction of sp³-hybridized carbons (Fsp3) is 0.276. The quantitative estimate of drug-likeness (QED) is 0.171. The largest absolute Gasteiger partial charge is 0.465 e. The number of hydrogen-bond donors (Lipinski definition) is 0. The lowest BCUT2D eigenvalue weighted by Crippen LogP contribution is -2.23. The third kappa shape index (κ3) is 9.45. The molecule has 0 saturated carbocycles. The molecule has 0 spiro atoms. The molecule has 2 aromatic rings. The molecule has 0 saturated heterocycles. The first kappa shape index (κ1) is 27.3. The van der Waals surface area contributed by atoms with Gasteiger partial charge in [-0.05, 0) is 56.0 Å². The van der Waals surface area contributed by atoms with E-state index in [2.05, 4.69) is 19.7 Å². The highest BCUT2D eigenvalue weighted by Crippen LogP contribution is 2.24. The molecule has 0 bridgehead atoms. The second-order valence-electron chi connectivity index (χ2n) is 8.66. The summed E-state index contributed by atoms with van der Waals surface area (Å²) in [7, 11) is 0. The van der Waals surface area contributed by atoms with Crippen LogP contribution in [0.3, 0.4) is 0 Å². The maximum Gasteiger partial charge on any atom is 0.338 e. The van der Waals surface area contributed by atoms with Crippen molar-refractivity contribution in [1.29, 1.82) is 0 Å². The van der Waals surface area contributed by atoms with Crippen LogP contribution >= 0.6 is 0 Å². The van der Waals surface area contributed by atoms with E-state index in [1.165, 1.54) is 0 Å².